The average molecular weight is 222 g/mol. The second-order valence-corrected chi connectivity index (χ2v) is 3.86. The van der Waals surface area contributed by atoms with Gasteiger partial charge in [0.1, 0.15) is 0 Å². The van der Waals surface area contributed by atoms with E-state index in [4.69, 9.17) is 10.8 Å². The summed E-state index contributed by atoms with van der Waals surface area (Å²) in [6.07, 6.45) is 0.718. The maximum absolute atomic E-state index is 11.0. The second kappa shape index (κ2) is 6.25. The first-order valence-electron chi connectivity index (χ1n) is 5.36. The molecule has 0 aliphatic heterocycles. The summed E-state index contributed by atoms with van der Waals surface area (Å²) in [5, 5.41) is 12.0. The molecule has 88 valence electrons. The van der Waals surface area contributed by atoms with Crippen LogP contribution in [-0.2, 0) is 6.54 Å². The molecule has 0 aliphatic carbocycles. The molecule has 4 nitrogen and oxygen atoms in total. The van der Waals surface area contributed by atoms with Crippen LogP contribution in [0.15, 0.2) is 24.3 Å². The van der Waals surface area contributed by atoms with E-state index in [9.17, 15) is 4.79 Å². The lowest BCUT2D eigenvalue weighted by molar-refractivity contribution is 0.1000. The Balaban J connectivity index is 2.54. The molecule has 1 atom stereocenters. The molecule has 1 rings (SSSR count). The van der Waals surface area contributed by atoms with Gasteiger partial charge in [-0.05, 0) is 31.0 Å². The predicted octanol–water partition coefficient (Wildman–Crippen LogP) is 0.646. The van der Waals surface area contributed by atoms with Crippen LogP contribution in [0.4, 0.5) is 0 Å². The van der Waals surface area contributed by atoms with Crippen molar-refractivity contribution in [3.8, 4) is 0 Å². The monoisotopic (exact) mass is 222 g/mol. The number of hydrogen-bond donors (Lipinski definition) is 3. The number of primary amides is 1. The first-order valence-corrected chi connectivity index (χ1v) is 5.36. The Morgan fingerprint density at radius 1 is 1.56 bits per heavy atom. The van der Waals surface area contributed by atoms with Crippen molar-refractivity contribution in [2.75, 3.05) is 6.61 Å². The summed E-state index contributed by atoms with van der Waals surface area (Å²) in [4.78, 5) is 11.0. The fraction of sp³-hybridized carbons (Fsp3) is 0.417. The van der Waals surface area contributed by atoms with Gasteiger partial charge in [0, 0.05) is 24.8 Å². The van der Waals surface area contributed by atoms with E-state index in [-0.39, 0.29) is 12.6 Å². The Bertz CT molecular complexity index is 353. The smallest absolute Gasteiger partial charge is 0.248 e. The SMILES string of the molecule is C[C@H](CCO)NCc1cccc(C(N)=O)c1. The normalized spacial score (nSPS) is 12.4. The molecule has 0 heterocycles. The molecule has 0 fully saturated rings. The third-order valence-corrected chi connectivity index (χ3v) is 2.43. The highest BCUT2D eigenvalue weighted by molar-refractivity contribution is 5.92. The quantitative estimate of drug-likeness (QED) is 0.661. The van der Waals surface area contributed by atoms with Crippen molar-refractivity contribution in [2.24, 2.45) is 5.73 Å². The Morgan fingerprint density at radius 3 is 2.94 bits per heavy atom. The lowest BCUT2D eigenvalue weighted by Gasteiger charge is -2.12. The van der Waals surface area contributed by atoms with Crippen LogP contribution in [0.1, 0.15) is 29.3 Å². The third kappa shape index (κ3) is 4.00. The summed E-state index contributed by atoms with van der Waals surface area (Å²) in [5.74, 6) is -0.412. The number of aliphatic hydroxyl groups excluding tert-OH is 1. The summed E-state index contributed by atoms with van der Waals surface area (Å²) < 4.78 is 0. The van der Waals surface area contributed by atoms with E-state index in [0.29, 0.717) is 12.1 Å². The summed E-state index contributed by atoms with van der Waals surface area (Å²) in [6, 6.07) is 7.48. The van der Waals surface area contributed by atoms with Crippen LogP contribution in [0.2, 0.25) is 0 Å². The molecule has 4 N–H and O–H groups in total. The van der Waals surface area contributed by atoms with E-state index >= 15 is 0 Å². The molecule has 1 aromatic rings. The van der Waals surface area contributed by atoms with E-state index in [2.05, 4.69) is 5.32 Å². The lowest BCUT2D eigenvalue weighted by Crippen LogP contribution is -2.26. The number of benzene rings is 1. The van der Waals surface area contributed by atoms with Crippen molar-refractivity contribution in [3.63, 3.8) is 0 Å². The van der Waals surface area contributed by atoms with Gasteiger partial charge in [0.05, 0.1) is 0 Å². The minimum absolute atomic E-state index is 0.176. The zero-order valence-corrected chi connectivity index (χ0v) is 9.44. The van der Waals surface area contributed by atoms with Gasteiger partial charge in [0.25, 0.3) is 0 Å². The highest BCUT2D eigenvalue weighted by atomic mass is 16.3. The number of carbonyl (C=O) groups excluding carboxylic acids is 1. The number of nitrogens with one attached hydrogen (secondary N) is 1. The summed E-state index contributed by atoms with van der Waals surface area (Å²) in [7, 11) is 0. The summed E-state index contributed by atoms with van der Waals surface area (Å²) >= 11 is 0. The zero-order chi connectivity index (χ0) is 12.0. The molecular weight excluding hydrogens is 204 g/mol. The summed E-state index contributed by atoms with van der Waals surface area (Å²) in [5.41, 5.74) is 6.73. The topological polar surface area (TPSA) is 75.3 Å². The van der Waals surface area contributed by atoms with E-state index in [0.717, 1.165) is 12.0 Å². The van der Waals surface area contributed by atoms with Crippen LogP contribution in [-0.4, -0.2) is 23.7 Å². The molecular formula is C12H18N2O2. The molecule has 0 saturated heterocycles. The molecule has 1 amide bonds. The molecule has 1 aromatic carbocycles. The van der Waals surface area contributed by atoms with Gasteiger partial charge in [-0.1, -0.05) is 12.1 Å². The molecule has 0 spiro atoms. The van der Waals surface area contributed by atoms with Crippen molar-refractivity contribution in [3.05, 3.63) is 35.4 Å². The zero-order valence-electron chi connectivity index (χ0n) is 9.44. The van der Waals surface area contributed by atoms with Crippen LogP contribution >= 0.6 is 0 Å². The van der Waals surface area contributed by atoms with Gasteiger partial charge in [-0.3, -0.25) is 4.79 Å². The predicted molar refractivity (Wildman–Crippen MR) is 63.0 cm³/mol. The van der Waals surface area contributed by atoms with Crippen LogP contribution in [0.25, 0.3) is 0 Å². The third-order valence-electron chi connectivity index (χ3n) is 2.43. The highest BCUT2D eigenvalue weighted by Gasteiger charge is 2.03. The molecule has 4 heteroatoms. The fourth-order valence-electron chi connectivity index (χ4n) is 1.42. The molecule has 0 bridgehead atoms. The number of nitrogens with two attached hydrogens (primary N) is 1. The Labute approximate surface area is 95.5 Å². The van der Waals surface area contributed by atoms with Crippen molar-refractivity contribution < 1.29 is 9.90 Å². The molecule has 0 aliphatic rings. The van der Waals surface area contributed by atoms with Crippen LogP contribution in [0, 0.1) is 0 Å². The van der Waals surface area contributed by atoms with E-state index in [1.165, 1.54) is 0 Å². The molecule has 0 unspecified atom stereocenters. The van der Waals surface area contributed by atoms with Crippen molar-refractivity contribution in [1.82, 2.24) is 5.32 Å². The lowest BCUT2D eigenvalue weighted by atomic mass is 10.1. The Hall–Kier alpha value is -1.39. The van der Waals surface area contributed by atoms with Crippen molar-refractivity contribution in [1.29, 1.82) is 0 Å². The Kier molecular flexibility index (Phi) is 4.95. The van der Waals surface area contributed by atoms with Gasteiger partial charge in [0.15, 0.2) is 0 Å². The minimum Gasteiger partial charge on any atom is -0.396 e. The van der Waals surface area contributed by atoms with Crippen molar-refractivity contribution >= 4 is 5.91 Å². The number of amides is 1. The number of rotatable bonds is 6. The fourth-order valence-corrected chi connectivity index (χ4v) is 1.42. The minimum atomic E-state index is -0.412. The molecule has 0 saturated carbocycles. The van der Waals surface area contributed by atoms with Gasteiger partial charge >= 0.3 is 0 Å². The van der Waals surface area contributed by atoms with Crippen LogP contribution in [0.5, 0.6) is 0 Å². The maximum atomic E-state index is 11.0. The largest absolute Gasteiger partial charge is 0.396 e. The highest BCUT2D eigenvalue weighted by Crippen LogP contribution is 2.05. The average Bonchev–Trinajstić information content (AvgIpc) is 2.27. The Morgan fingerprint density at radius 2 is 2.31 bits per heavy atom. The van der Waals surface area contributed by atoms with Crippen LogP contribution < -0.4 is 11.1 Å². The number of aliphatic hydroxyl groups is 1. The standard InChI is InChI=1S/C12H18N2O2/c1-9(5-6-15)14-8-10-3-2-4-11(7-10)12(13)16/h2-4,7,9,14-15H,5-6,8H2,1H3,(H2,13,16)/t9-/m1/s1. The number of carbonyl (C=O) groups is 1. The van der Waals surface area contributed by atoms with Gasteiger partial charge in [0.2, 0.25) is 5.91 Å². The van der Waals surface area contributed by atoms with Gasteiger partial charge in [-0.15, -0.1) is 0 Å². The maximum Gasteiger partial charge on any atom is 0.248 e. The van der Waals surface area contributed by atoms with E-state index in [1.54, 1.807) is 12.1 Å². The molecule has 16 heavy (non-hydrogen) atoms. The number of hydrogen-bond acceptors (Lipinski definition) is 3. The second-order valence-electron chi connectivity index (χ2n) is 3.86. The van der Waals surface area contributed by atoms with Gasteiger partial charge in [-0.2, -0.15) is 0 Å². The van der Waals surface area contributed by atoms with Gasteiger partial charge < -0.3 is 16.2 Å². The first-order chi connectivity index (χ1) is 7.63. The van der Waals surface area contributed by atoms with E-state index in [1.807, 2.05) is 19.1 Å². The van der Waals surface area contributed by atoms with Crippen LogP contribution in [0.3, 0.4) is 0 Å². The van der Waals surface area contributed by atoms with Crippen molar-refractivity contribution in [2.45, 2.75) is 25.9 Å². The summed E-state index contributed by atoms with van der Waals surface area (Å²) in [6.45, 7) is 2.85. The first kappa shape index (κ1) is 12.7. The molecule has 0 radical (unpaired) electrons. The van der Waals surface area contributed by atoms with E-state index < -0.39 is 5.91 Å². The molecule has 0 aromatic heterocycles. The van der Waals surface area contributed by atoms with Gasteiger partial charge in [-0.25, -0.2) is 0 Å².